The Morgan fingerprint density at radius 1 is 1.11 bits per heavy atom. The van der Waals surface area contributed by atoms with E-state index in [1.165, 1.54) is 19.4 Å². The molecule has 2 amide bonds. The number of carbonyl (C=O) groups excluding carboxylic acids is 3. The summed E-state index contributed by atoms with van der Waals surface area (Å²) in [5.74, 6) is -0.860. The molecule has 142 valence electrons. The Labute approximate surface area is 158 Å². The number of esters is 1. The smallest absolute Gasteiger partial charge is 0.339 e. The van der Waals surface area contributed by atoms with Crippen LogP contribution in [-0.2, 0) is 4.74 Å². The van der Waals surface area contributed by atoms with Crippen LogP contribution in [0, 0.1) is 5.92 Å². The summed E-state index contributed by atoms with van der Waals surface area (Å²) in [6, 6.07) is 9.46. The molecule has 0 aliphatic rings. The minimum atomic E-state index is -0.558. The highest BCUT2D eigenvalue weighted by molar-refractivity contribution is 6.08. The number of aromatic nitrogens is 1. The number of hydrogen-bond acceptors (Lipinski definition) is 5. The maximum Gasteiger partial charge on any atom is 0.339 e. The Balaban J connectivity index is 2.12. The van der Waals surface area contributed by atoms with E-state index in [9.17, 15) is 14.4 Å². The van der Waals surface area contributed by atoms with E-state index < -0.39 is 11.9 Å². The van der Waals surface area contributed by atoms with Gasteiger partial charge in [0.05, 0.1) is 18.4 Å². The summed E-state index contributed by atoms with van der Waals surface area (Å²) in [4.78, 5) is 40.5. The zero-order valence-electron chi connectivity index (χ0n) is 15.6. The number of methoxy groups -OCH3 is 1. The molecule has 7 heteroatoms. The maximum atomic E-state index is 12.5. The zero-order chi connectivity index (χ0) is 19.8. The number of amides is 2. The molecular formula is C20H23N3O4. The average molecular weight is 369 g/mol. The maximum absolute atomic E-state index is 12.5. The molecule has 0 aliphatic heterocycles. The summed E-state index contributed by atoms with van der Waals surface area (Å²) >= 11 is 0. The first-order valence-corrected chi connectivity index (χ1v) is 8.65. The lowest BCUT2D eigenvalue weighted by molar-refractivity contribution is 0.0601. The van der Waals surface area contributed by atoms with Crippen LogP contribution in [0.15, 0.2) is 42.6 Å². The van der Waals surface area contributed by atoms with Crippen molar-refractivity contribution in [2.75, 3.05) is 19.0 Å². The second-order valence-electron chi connectivity index (χ2n) is 6.36. The van der Waals surface area contributed by atoms with E-state index in [0.717, 1.165) is 6.42 Å². The van der Waals surface area contributed by atoms with Gasteiger partial charge in [-0.05, 0) is 36.6 Å². The van der Waals surface area contributed by atoms with Crippen molar-refractivity contribution < 1.29 is 19.1 Å². The molecule has 27 heavy (non-hydrogen) atoms. The third-order valence-electron chi connectivity index (χ3n) is 3.84. The van der Waals surface area contributed by atoms with E-state index in [-0.39, 0.29) is 17.2 Å². The molecule has 2 rings (SSSR count). The molecule has 1 heterocycles. The zero-order valence-corrected chi connectivity index (χ0v) is 15.6. The van der Waals surface area contributed by atoms with Crippen LogP contribution in [0.3, 0.4) is 0 Å². The number of benzene rings is 1. The fourth-order valence-corrected chi connectivity index (χ4v) is 2.34. The first-order chi connectivity index (χ1) is 12.9. The number of hydrogen-bond donors (Lipinski definition) is 2. The monoisotopic (exact) mass is 369 g/mol. The molecular weight excluding hydrogens is 346 g/mol. The second-order valence-corrected chi connectivity index (χ2v) is 6.36. The van der Waals surface area contributed by atoms with Crippen LogP contribution >= 0.6 is 0 Å². The number of para-hydroxylation sites is 1. The Morgan fingerprint density at radius 3 is 2.56 bits per heavy atom. The van der Waals surface area contributed by atoms with E-state index in [1.54, 1.807) is 30.3 Å². The van der Waals surface area contributed by atoms with Gasteiger partial charge in [0.25, 0.3) is 11.8 Å². The van der Waals surface area contributed by atoms with Crippen molar-refractivity contribution in [3.8, 4) is 0 Å². The molecule has 0 aliphatic carbocycles. The fourth-order valence-electron chi connectivity index (χ4n) is 2.34. The number of rotatable bonds is 7. The van der Waals surface area contributed by atoms with Crippen LogP contribution in [-0.4, -0.2) is 36.4 Å². The van der Waals surface area contributed by atoms with Crippen LogP contribution in [0.2, 0.25) is 0 Å². The molecule has 0 unspecified atom stereocenters. The molecule has 2 N–H and O–H groups in total. The molecule has 1 aromatic carbocycles. The minimum absolute atomic E-state index is 0.0752. The number of nitrogens with one attached hydrogen (secondary N) is 2. The Hall–Kier alpha value is -3.22. The third-order valence-corrected chi connectivity index (χ3v) is 3.84. The van der Waals surface area contributed by atoms with Crippen molar-refractivity contribution in [1.82, 2.24) is 10.3 Å². The Morgan fingerprint density at radius 2 is 1.85 bits per heavy atom. The topological polar surface area (TPSA) is 97.4 Å². The molecule has 1 aromatic heterocycles. The quantitative estimate of drug-likeness (QED) is 0.732. The molecule has 7 nitrogen and oxygen atoms in total. The lowest BCUT2D eigenvalue weighted by Gasteiger charge is -2.10. The second kappa shape index (κ2) is 9.47. The summed E-state index contributed by atoms with van der Waals surface area (Å²) < 4.78 is 4.71. The van der Waals surface area contributed by atoms with E-state index in [1.807, 2.05) is 0 Å². The molecule has 0 saturated heterocycles. The van der Waals surface area contributed by atoms with Crippen molar-refractivity contribution in [1.29, 1.82) is 0 Å². The largest absolute Gasteiger partial charge is 0.465 e. The van der Waals surface area contributed by atoms with Gasteiger partial charge in [0.15, 0.2) is 0 Å². The van der Waals surface area contributed by atoms with Gasteiger partial charge in [0, 0.05) is 18.3 Å². The van der Waals surface area contributed by atoms with Crippen LogP contribution in [0.1, 0.15) is 51.5 Å². The van der Waals surface area contributed by atoms with Gasteiger partial charge in [-0.1, -0.05) is 26.0 Å². The predicted molar refractivity (Wildman–Crippen MR) is 102 cm³/mol. The summed E-state index contributed by atoms with van der Waals surface area (Å²) in [5.41, 5.74) is 0.963. The van der Waals surface area contributed by atoms with Crippen LogP contribution in [0.25, 0.3) is 0 Å². The lowest BCUT2D eigenvalue weighted by atomic mass is 10.1. The van der Waals surface area contributed by atoms with Gasteiger partial charge in [-0.3, -0.25) is 14.6 Å². The van der Waals surface area contributed by atoms with Crippen molar-refractivity contribution in [2.24, 2.45) is 5.92 Å². The van der Waals surface area contributed by atoms with Crippen molar-refractivity contribution in [2.45, 2.75) is 20.3 Å². The van der Waals surface area contributed by atoms with Gasteiger partial charge in [0.2, 0.25) is 0 Å². The first kappa shape index (κ1) is 20.1. The molecule has 0 radical (unpaired) electrons. The van der Waals surface area contributed by atoms with Crippen molar-refractivity contribution in [3.63, 3.8) is 0 Å². The fraction of sp³-hybridized carbons (Fsp3) is 0.300. The van der Waals surface area contributed by atoms with E-state index in [2.05, 4.69) is 29.5 Å². The molecule has 2 aromatic rings. The molecule has 0 fully saturated rings. The first-order valence-electron chi connectivity index (χ1n) is 8.65. The highest BCUT2D eigenvalue weighted by Gasteiger charge is 2.16. The summed E-state index contributed by atoms with van der Waals surface area (Å²) in [6.45, 7) is 4.72. The van der Waals surface area contributed by atoms with Gasteiger partial charge in [-0.2, -0.15) is 0 Å². The number of pyridine rings is 1. The molecule has 0 atom stereocenters. The van der Waals surface area contributed by atoms with Gasteiger partial charge in [0.1, 0.15) is 5.69 Å². The van der Waals surface area contributed by atoms with Gasteiger partial charge >= 0.3 is 5.97 Å². The molecule has 0 saturated carbocycles. The highest BCUT2D eigenvalue weighted by atomic mass is 16.5. The summed E-state index contributed by atoms with van der Waals surface area (Å²) in [6.07, 6.45) is 2.27. The summed E-state index contributed by atoms with van der Waals surface area (Å²) in [7, 11) is 1.27. The number of anilines is 1. The number of ether oxygens (including phenoxy) is 1. The van der Waals surface area contributed by atoms with Gasteiger partial charge in [-0.15, -0.1) is 0 Å². The predicted octanol–water partition coefficient (Wildman–Crippen LogP) is 2.90. The number of carbonyl (C=O) groups is 3. The highest BCUT2D eigenvalue weighted by Crippen LogP contribution is 2.17. The van der Waals surface area contributed by atoms with Crippen molar-refractivity contribution in [3.05, 3.63) is 59.4 Å². The van der Waals surface area contributed by atoms with Crippen molar-refractivity contribution >= 4 is 23.5 Å². The Kier molecular flexibility index (Phi) is 7.05. The average Bonchev–Trinajstić information content (AvgIpc) is 2.67. The minimum Gasteiger partial charge on any atom is -0.465 e. The van der Waals surface area contributed by atoms with Crippen LogP contribution in [0.4, 0.5) is 5.69 Å². The molecule has 0 bridgehead atoms. The standard InChI is InChI=1S/C20H23N3O4/c1-13(2)8-10-22-18(24)14-9-11-21-17(12-14)19(25)23-16-7-5-4-6-15(16)20(26)27-3/h4-7,9,11-13H,8,10H2,1-3H3,(H,22,24)(H,23,25). The Bertz CT molecular complexity index is 833. The lowest BCUT2D eigenvalue weighted by Crippen LogP contribution is -2.26. The SMILES string of the molecule is COC(=O)c1ccccc1NC(=O)c1cc(C(=O)NCCC(C)C)ccn1. The van der Waals surface area contributed by atoms with Crippen LogP contribution < -0.4 is 10.6 Å². The van der Waals surface area contributed by atoms with E-state index >= 15 is 0 Å². The normalized spacial score (nSPS) is 10.4. The third kappa shape index (κ3) is 5.64. The molecule has 0 spiro atoms. The van der Waals surface area contributed by atoms with Gasteiger partial charge < -0.3 is 15.4 Å². The number of nitrogens with zero attached hydrogens (tertiary/aromatic N) is 1. The van der Waals surface area contributed by atoms with E-state index in [4.69, 9.17) is 4.74 Å². The van der Waals surface area contributed by atoms with Crippen LogP contribution in [0.5, 0.6) is 0 Å². The summed E-state index contributed by atoms with van der Waals surface area (Å²) in [5, 5.41) is 5.45. The van der Waals surface area contributed by atoms with Gasteiger partial charge in [-0.25, -0.2) is 4.79 Å². The van der Waals surface area contributed by atoms with E-state index in [0.29, 0.717) is 23.7 Å².